The van der Waals surface area contributed by atoms with Crippen molar-refractivity contribution >= 4 is 35.7 Å². The van der Waals surface area contributed by atoms with Crippen molar-refractivity contribution in [3.8, 4) is 0 Å². The highest BCUT2D eigenvalue weighted by Crippen LogP contribution is 2.45. The lowest BCUT2D eigenvalue weighted by Crippen LogP contribution is -2.56. The molecule has 4 heterocycles. The highest BCUT2D eigenvalue weighted by molar-refractivity contribution is 5.96. The molecule has 6 rings (SSSR count). The Morgan fingerprint density at radius 3 is 2.56 bits per heavy atom. The van der Waals surface area contributed by atoms with Crippen LogP contribution in [0.4, 0.5) is 15.3 Å². The molecule has 272 valence electrons. The molecule has 4 amide bonds. The van der Waals surface area contributed by atoms with Crippen molar-refractivity contribution in [2.45, 2.75) is 108 Å². The molecule has 14 heteroatoms. The second-order valence-electron chi connectivity index (χ2n) is 15.0. The zero-order valence-electron chi connectivity index (χ0n) is 29.2. The number of ether oxygens (including phenoxy) is 3. The summed E-state index contributed by atoms with van der Waals surface area (Å²) in [6.07, 6.45) is 5.17. The van der Waals surface area contributed by atoms with Gasteiger partial charge in [0.1, 0.15) is 29.3 Å². The summed E-state index contributed by atoms with van der Waals surface area (Å²) in [5.41, 5.74) is 0.875. The second kappa shape index (κ2) is 14.5. The van der Waals surface area contributed by atoms with Crippen molar-refractivity contribution in [2.75, 3.05) is 37.7 Å². The van der Waals surface area contributed by atoms with E-state index >= 15 is 0 Å². The van der Waals surface area contributed by atoms with E-state index in [0.717, 1.165) is 49.2 Å². The zero-order valence-corrected chi connectivity index (χ0v) is 29.2. The Balaban J connectivity index is 1.18. The summed E-state index contributed by atoms with van der Waals surface area (Å²) < 4.78 is 16.9. The van der Waals surface area contributed by atoms with Crippen LogP contribution in [-0.4, -0.2) is 107 Å². The number of hydrogen-bond acceptors (Lipinski definition) is 9. The third kappa shape index (κ3) is 8.00. The number of allylic oxidation sites excluding steroid dienone is 1. The summed E-state index contributed by atoms with van der Waals surface area (Å²) in [5, 5.41) is 15.6. The molecule has 0 spiro atoms. The average molecular weight is 696 g/mol. The van der Waals surface area contributed by atoms with Crippen molar-refractivity contribution < 1.29 is 43.3 Å². The van der Waals surface area contributed by atoms with Gasteiger partial charge in [-0.3, -0.25) is 14.5 Å². The highest BCUT2D eigenvalue weighted by atomic mass is 16.6. The molecule has 4 aliphatic heterocycles. The Kier molecular flexibility index (Phi) is 10.3. The number of hydrogen-bond donors (Lipinski definition) is 3. The molecule has 0 aromatic heterocycles. The van der Waals surface area contributed by atoms with E-state index in [9.17, 15) is 29.1 Å². The standard InChI is InChI=1S/C36H49N5O9/c1-35(2,3)50-33(46)37-28-10-8-6-4-5-7-9-25-19-36(25,32(44)45)38-30(42)29-18-27(22-41(29)31(28)43)49-34(47)40-20-23-11-12-26(17-24(23)21-40)39-13-15-48-16-14-39/h7,9,11-12,17,25,27-29H,4-6,8,10,13-16,18-22H2,1-3H3,(H,37,46)(H,38,42)(H,44,45)/b9-7-/t25-,27+,28-,29-,36+/m0/s1. The molecule has 1 aliphatic carbocycles. The smallest absolute Gasteiger partial charge is 0.410 e. The molecule has 1 aromatic carbocycles. The molecule has 0 radical (unpaired) electrons. The van der Waals surface area contributed by atoms with Crippen LogP contribution in [-0.2, 0) is 41.7 Å². The Hall–Kier alpha value is -4.33. The number of benzene rings is 1. The van der Waals surface area contributed by atoms with Crippen LogP contribution in [0.5, 0.6) is 0 Å². The normalized spacial score (nSPS) is 29.4. The first-order valence-corrected chi connectivity index (χ1v) is 17.7. The lowest BCUT2D eigenvalue weighted by atomic mass is 10.0. The molecule has 1 saturated carbocycles. The van der Waals surface area contributed by atoms with Gasteiger partial charge >= 0.3 is 18.2 Å². The first-order chi connectivity index (χ1) is 23.8. The largest absolute Gasteiger partial charge is 0.479 e. The van der Waals surface area contributed by atoms with Gasteiger partial charge in [0.15, 0.2) is 0 Å². The lowest BCUT2D eigenvalue weighted by molar-refractivity contribution is -0.145. The van der Waals surface area contributed by atoms with Crippen LogP contribution < -0.4 is 15.5 Å². The monoisotopic (exact) mass is 695 g/mol. The summed E-state index contributed by atoms with van der Waals surface area (Å²) >= 11 is 0. The topological polar surface area (TPSA) is 167 Å². The number of carbonyl (C=O) groups excluding carboxylic acids is 4. The number of rotatable bonds is 4. The summed E-state index contributed by atoms with van der Waals surface area (Å²) in [5.74, 6) is -2.65. The fraction of sp³-hybridized carbons (Fsp3) is 0.639. The van der Waals surface area contributed by atoms with Crippen LogP contribution in [0.2, 0.25) is 0 Å². The van der Waals surface area contributed by atoms with Gasteiger partial charge in [-0.1, -0.05) is 31.1 Å². The molecule has 1 aromatic rings. The maximum absolute atomic E-state index is 14.2. The third-order valence-corrected chi connectivity index (χ3v) is 10.1. The molecule has 0 bridgehead atoms. The van der Waals surface area contributed by atoms with E-state index in [0.29, 0.717) is 39.1 Å². The summed E-state index contributed by atoms with van der Waals surface area (Å²) in [6.45, 7) is 8.77. The number of nitrogens with one attached hydrogen (secondary N) is 2. The van der Waals surface area contributed by atoms with Crippen molar-refractivity contribution in [3.63, 3.8) is 0 Å². The lowest BCUT2D eigenvalue weighted by Gasteiger charge is -2.30. The molecule has 50 heavy (non-hydrogen) atoms. The molecular formula is C36H49N5O9. The number of nitrogens with zero attached hydrogens (tertiary/aromatic N) is 3. The molecular weight excluding hydrogens is 646 g/mol. The van der Waals surface area contributed by atoms with E-state index in [1.807, 2.05) is 18.2 Å². The summed E-state index contributed by atoms with van der Waals surface area (Å²) in [4.78, 5) is 72.0. The third-order valence-electron chi connectivity index (χ3n) is 10.1. The SMILES string of the molecule is CC(C)(C)OC(=O)N[C@H]1CCCCC/C=C\[C@H]2C[C@@]2(C(=O)O)NC(=O)[C@@H]2C[C@@H](OC(=O)N3Cc4ccc(N5CCOCC5)cc4C3)CN2C1=O. The van der Waals surface area contributed by atoms with E-state index in [4.69, 9.17) is 14.2 Å². The molecule has 5 aliphatic rings. The minimum absolute atomic E-state index is 0.0133. The van der Waals surface area contributed by atoms with Gasteiger partial charge in [-0.15, -0.1) is 0 Å². The molecule has 14 nitrogen and oxygen atoms in total. The number of morpholine rings is 1. The van der Waals surface area contributed by atoms with Crippen LogP contribution >= 0.6 is 0 Å². The number of carboxylic acid groups (broad SMARTS) is 1. The van der Waals surface area contributed by atoms with Crippen molar-refractivity contribution in [1.29, 1.82) is 0 Å². The number of aliphatic carboxylic acids is 1. The van der Waals surface area contributed by atoms with E-state index in [2.05, 4.69) is 27.7 Å². The minimum atomic E-state index is -1.47. The van der Waals surface area contributed by atoms with Crippen LogP contribution in [0.3, 0.4) is 0 Å². The predicted molar refractivity (Wildman–Crippen MR) is 181 cm³/mol. The first kappa shape index (κ1) is 35.5. The Bertz CT molecular complexity index is 1520. The number of alkyl carbamates (subject to hydrolysis) is 1. The van der Waals surface area contributed by atoms with Crippen molar-refractivity contribution in [3.05, 3.63) is 41.5 Å². The van der Waals surface area contributed by atoms with E-state index < -0.39 is 59.3 Å². The number of carbonyl (C=O) groups is 5. The molecule has 5 atom stereocenters. The van der Waals surface area contributed by atoms with Gasteiger partial charge in [0, 0.05) is 44.2 Å². The van der Waals surface area contributed by atoms with Crippen LogP contribution in [0.15, 0.2) is 30.4 Å². The molecule has 3 N–H and O–H groups in total. The summed E-state index contributed by atoms with van der Waals surface area (Å²) in [6, 6.07) is 4.07. The Morgan fingerprint density at radius 1 is 1.06 bits per heavy atom. The Labute approximate surface area is 292 Å². The zero-order chi connectivity index (χ0) is 35.6. The summed E-state index contributed by atoms with van der Waals surface area (Å²) in [7, 11) is 0. The molecule has 3 fully saturated rings. The van der Waals surface area contributed by atoms with Crippen LogP contribution in [0.25, 0.3) is 0 Å². The van der Waals surface area contributed by atoms with Gasteiger partial charge in [0.2, 0.25) is 11.8 Å². The number of carboxylic acids is 1. The van der Waals surface area contributed by atoms with Crippen molar-refractivity contribution in [2.24, 2.45) is 5.92 Å². The second-order valence-corrected chi connectivity index (χ2v) is 15.0. The fourth-order valence-corrected chi connectivity index (χ4v) is 7.34. The van der Waals surface area contributed by atoms with E-state index in [1.165, 1.54) is 4.90 Å². The maximum Gasteiger partial charge on any atom is 0.410 e. The minimum Gasteiger partial charge on any atom is -0.479 e. The molecule has 0 unspecified atom stereocenters. The van der Waals surface area contributed by atoms with Gasteiger partial charge in [-0.2, -0.15) is 0 Å². The fourth-order valence-electron chi connectivity index (χ4n) is 7.34. The van der Waals surface area contributed by atoms with Gasteiger partial charge < -0.3 is 39.8 Å². The van der Waals surface area contributed by atoms with E-state index in [-0.39, 0.29) is 25.3 Å². The number of fused-ring (bicyclic) bond motifs is 3. The molecule has 2 saturated heterocycles. The predicted octanol–water partition coefficient (Wildman–Crippen LogP) is 3.32. The van der Waals surface area contributed by atoms with Gasteiger partial charge in [-0.05, 0) is 69.7 Å². The highest BCUT2D eigenvalue weighted by Gasteiger charge is 2.61. The van der Waals surface area contributed by atoms with Gasteiger partial charge in [0.25, 0.3) is 0 Å². The first-order valence-electron chi connectivity index (χ1n) is 17.7. The van der Waals surface area contributed by atoms with Gasteiger partial charge in [0.05, 0.1) is 19.8 Å². The van der Waals surface area contributed by atoms with Crippen LogP contribution in [0.1, 0.15) is 76.8 Å². The van der Waals surface area contributed by atoms with Crippen LogP contribution in [0, 0.1) is 5.92 Å². The number of amides is 4. The quantitative estimate of drug-likeness (QED) is 0.398. The maximum atomic E-state index is 14.2. The Morgan fingerprint density at radius 2 is 1.82 bits per heavy atom. The van der Waals surface area contributed by atoms with Crippen molar-refractivity contribution in [1.82, 2.24) is 20.4 Å². The number of anilines is 1. The van der Waals surface area contributed by atoms with E-state index in [1.54, 1.807) is 25.7 Å². The average Bonchev–Trinajstić information content (AvgIpc) is 3.37. The van der Waals surface area contributed by atoms with Gasteiger partial charge in [-0.25, -0.2) is 14.4 Å².